The molecule has 43 heavy (non-hydrogen) atoms. The number of carboxylic acid groups (broad SMARTS) is 2. The Morgan fingerprint density at radius 3 is 2.16 bits per heavy atom. The monoisotopic (exact) mass is 630 g/mol. The van der Waals surface area contributed by atoms with E-state index in [2.05, 4.69) is 56.8 Å². The number of rotatable bonds is 12. The number of carbonyl (C=O) groups is 2. The summed E-state index contributed by atoms with van der Waals surface area (Å²) in [4.78, 5) is 21.4. The topological polar surface area (TPSA) is 139 Å². The molecule has 0 saturated heterocycles. The van der Waals surface area contributed by atoms with Gasteiger partial charge >= 0.3 is 17.1 Å². The summed E-state index contributed by atoms with van der Waals surface area (Å²) >= 11 is 0. The smallest absolute Gasteiger partial charge is 0.803 e. The molecule has 2 N–H and O–H groups in total. The van der Waals surface area contributed by atoms with Crippen molar-refractivity contribution < 1.29 is 36.9 Å². The van der Waals surface area contributed by atoms with Crippen molar-refractivity contribution in [3.63, 3.8) is 0 Å². The van der Waals surface area contributed by atoms with Gasteiger partial charge in [-0.3, -0.25) is 9.59 Å². The number of aryl methyl sites for hydroxylation is 1. The van der Waals surface area contributed by atoms with E-state index in [-0.39, 0.29) is 35.7 Å². The van der Waals surface area contributed by atoms with Gasteiger partial charge in [-0.05, 0) is 58.1 Å². The Kier molecular flexibility index (Phi) is 21.9. The SMILES string of the molecule is C=C(CCC)/C(=C/C(=[N-])C(=C\C)/C(C)=C/C=C1\[N-]CC(CC)=C1C)[N-]/C=C\c1[n-]c(C)c(CC)c1C.O=CO.O=CO.[Fe+4]. The summed E-state index contributed by atoms with van der Waals surface area (Å²) in [6.07, 6.45) is 15.2. The fourth-order valence-electron chi connectivity index (χ4n) is 4.52. The molecule has 2 rings (SSSR count). The maximum Gasteiger partial charge on any atom is 4.00 e. The van der Waals surface area contributed by atoms with Crippen LogP contribution in [0.2, 0.25) is 0 Å². The normalized spacial score (nSPS) is 14.2. The van der Waals surface area contributed by atoms with Gasteiger partial charge < -0.3 is 31.2 Å². The molecule has 0 fully saturated rings. The zero-order chi connectivity index (χ0) is 32.2. The van der Waals surface area contributed by atoms with E-state index in [0.29, 0.717) is 5.70 Å². The third-order valence-corrected chi connectivity index (χ3v) is 6.81. The van der Waals surface area contributed by atoms with E-state index >= 15 is 0 Å². The second-order valence-corrected chi connectivity index (χ2v) is 9.47. The van der Waals surface area contributed by atoms with Gasteiger partial charge in [0.15, 0.2) is 0 Å². The molecule has 0 aromatic carbocycles. The van der Waals surface area contributed by atoms with E-state index in [9.17, 15) is 5.41 Å². The number of nitrogens with zero attached hydrogens (tertiary/aromatic N) is 4. The zero-order valence-electron chi connectivity index (χ0n) is 26.7. The van der Waals surface area contributed by atoms with E-state index in [4.69, 9.17) is 19.8 Å². The molecule has 1 aliphatic rings. The third kappa shape index (κ3) is 13.4. The molecule has 0 amide bonds. The number of aromatic nitrogens is 1. The summed E-state index contributed by atoms with van der Waals surface area (Å²) in [5, 5.41) is 34.2. The molecule has 1 aromatic rings. The van der Waals surface area contributed by atoms with Crippen molar-refractivity contribution in [2.45, 2.75) is 81.1 Å². The van der Waals surface area contributed by atoms with Crippen LogP contribution < -0.4 is 4.98 Å². The first-order chi connectivity index (χ1) is 20.0. The predicted molar refractivity (Wildman–Crippen MR) is 176 cm³/mol. The minimum absolute atomic E-state index is 0. The minimum atomic E-state index is -0.250. The van der Waals surface area contributed by atoms with Crippen molar-refractivity contribution in [2.24, 2.45) is 0 Å². The van der Waals surface area contributed by atoms with E-state index in [1.54, 1.807) is 12.3 Å². The van der Waals surface area contributed by atoms with Crippen LogP contribution in [0.5, 0.6) is 0 Å². The van der Waals surface area contributed by atoms with Gasteiger partial charge in [0.1, 0.15) is 0 Å². The Hall–Kier alpha value is -3.81. The Balaban J connectivity index is 0. The zero-order valence-corrected chi connectivity index (χ0v) is 27.8. The fourth-order valence-corrected chi connectivity index (χ4v) is 4.52. The first-order valence-electron chi connectivity index (χ1n) is 14.0. The molecule has 1 aliphatic heterocycles. The fraction of sp³-hybridized carbons (Fsp3) is 0.382. The largest absolute Gasteiger partial charge is 4.00 e. The van der Waals surface area contributed by atoms with E-state index in [1.807, 2.05) is 45.1 Å². The van der Waals surface area contributed by atoms with Crippen LogP contribution in [0.4, 0.5) is 0 Å². The number of hydrogen-bond donors (Lipinski definition) is 2. The Morgan fingerprint density at radius 2 is 1.70 bits per heavy atom. The molecule has 0 bridgehead atoms. The summed E-state index contributed by atoms with van der Waals surface area (Å²) in [5.41, 5.74) is 11.6. The quantitative estimate of drug-likeness (QED) is 0.103. The second kappa shape index (κ2) is 22.7. The van der Waals surface area contributed by atoms with Crippen LogP contribution in [0, 0.1) is 13.8 Å². The van der Waals surface area contributed by atoms with Crippen molar-refractivity contribution in [3.8, 4) is 0 Å². The molecule has 0 saturated carbocycles. The van der Waals surface area contributed by atoms with Crippen LogP contribution in [-0.2, 0) is 33.1 Å². The average molecular weight is 631 g/mol. The first kappa shape index (κ1) is 41.3. The Morgan fingerprint density at radius 1 is 1.09 bits per heavy atom. The van der Waals surface area contributed by atoms with Gasteiger partial charge in [0.2, 0.25) is 0 Å². The molecule has 2 heterocycles. The molecular weight excluding hydrogens is 584 g/mol. The molecule has 234 valence electrons. The Labute approximate surface area is 268 Å². The molecule has 8 nitrogen and oxygen atoms in total. The summed E-state index contributed by atoms with van der Waals surface area (Å²) in [6, 6.07) is 0. The van der Waals surface area contributed by atoms with Gasteiger partial charge in [0, 0.05) is 0 Å². The van der Waals surface area contributed by atoms with Gasteiger partial charge in [0.25, 0.3) is 12.9 Å². The van der Waals surface area contributed by atoms with Gasteiger partial charge in [0.05, 0.1) is 0 Å². The summed E-state index contributed by atoms with van der Waals surface area (Å²) in [6.45, 7) is 21.1. The van der Waals surface area contributed by atoms with Gasteiger partial charge in [-0.25, -0.2) is 0 Å². The van der Waals surface area contributed by atoms with Crippen LogP contribution in [0.3, 0.4) is 0 Å². The molecule has 0 unspecified atom stereocenters. The van der Waals surface area contributed by atoms with Crippen LogP contribution >= 0.6 is 0 Å². The molecule has 9 heteroatoms. The van der Waals surface area contributed by atoms with Gasteiger partial charge in [-0.15, -0.1) is 23.6 Å². The maximum absolute atomic E-state index is 11.1. The average Bonchev–Trinajstić information content (AvgIpc) is 3.44. The first-order valence-corrected chi connectivity index (χ1v) is 14.0. The molecule has 1 aromatic heterocycles. The van der Waals surface area contributed by atoms with Crippen molar-refractivity contribution in [2.75, 3.05) is 6.54 Å². The molecule has 0 radical (unpaired) electrons. The summed E-state index contributed by atoms with van der Waals surface area (Å²) in [5.74, 6) is 0. The number of hydrogen-bond acceptors (Lipinski definition) is 2. The van der Waals surface area contributed by atoms with Crippen LogP contribution in [0.15, 0.2) is 76.3 Å². The minimum Gasteiger partial charge on any atom is -0.803 e. The summed E-state index contributed by atoms with van der Waals surface area (Å²) < 4.78 is 0. The maximum atomic E-state index is 11.1. The van der Waals surface area contributed by atoms with Gasteiger partial charge in [-0.2, -0.15) is 17.6 Å². The summed E-state index contributed by atoms with van der Waals surface area (Å²) in [7, 11) is 0. The standard InChI is InChI=1S/C32H42N4.2CH2O2.Fe/c1-10-14-22(6)32(34-18-17-31-24(8)28(13-4)25(9)36-31)19-29(33)27(12-3)21(5)15-16-30-23(7)26(11-2)20-35-30;2*2-1-3;/h12,15-19H,6,10-11,13-14,20H2,1-5,7-9H3;2*1H,(H,2,3);/q-4;;;+4/b18-17-,21-15+,27-12-,30-16-,32-19-;;;. The van der Waals surface area contributed by atoms with Crippen LogP contribution in [0.25, 0.3) is 22.1 Å². The van der Waals surface area contributed by atoms with Crippen LogP contribution in [0.1, 0.15) is 83.3 Å². The third-order valence-electron chi connectivity index (χ3n) is 6.81. The van der Waals surface area contributed by atoms with Crippen molar-refractivity contribution in [1.29, 1.82) is 0 Å². The molecular formula is C34H46FeN4O4. The van der Waals surface area contributed by atoms with Crippen molar-refractivity contribution >= 4 is 24.7 Å². The molecule has 0 aliphatic carbocycles. The van der Waals surface area contributed by atoms with Crippen molar-refractivity contribution in [3.05, 3.63) is 115 Å². The predicted octanol–water partition coefficient (Wildman–Crippen LogP) is 8.71. The van der Waals surface area contributed by atoms with Crippen LogP contribution in [-0.4, -0.2) is 35.4 Å². The number of allylic oxidation sites excluding steroid dienone is 8. The molecule has 0 spiro atoms. The second-order valence-electron chi connectivity index (χ2n) is 9.47. The van der Waals surface area contributed by atoms with Gasteiger partial charge in [-0.1, -0.05) is 98.9 Å². The van der Waals surface area contributed by atoms with Crippen molar-refractivity contribution in [1.82, 2.24) is 4.98 Å². The Bertz CT molecular complexity index is 1270. The van der Waals surface area contributed by atoms with E-state index in [1.165, 1.54) is 22.3 Å². The van der Waals surface area contributed by atoms with E-state index < -0.39 is 0 Å². The molecule has 0 atom stereocenters. The van der Waals surface area contributed by atoms with E-state index in [0.717, 1.165) is 66.0 Å².